The van der Waals surface area contributed by atoms with Crippen molar-refractivity contribution in [2.75, 3.05) is 19.6 Å². The number of benzene rings is 1. The lowest BCUT2D eigenvalue weighted by atomic mass is 10.00. The SMILES string of the molecule is O=C(Cc1ccccc1)NC[C@H]1CCCNC1. The Labute approximate surface area is 103 Å². The van der Waals surface area contributed by atoms with Gasteiger partial charge in [0, 0.05) is 6.54 Å². The summed E-state index contributed by atoms with van der Waals surface area (Å²) in [4.78, 5) is 11.7. The Morgan fingerprint density at radius 2 is 2.18 bits per heavy atom. The van der Waals surface area contributed by atoms with Crippen molar-refractivity contribution >= 4 is 5.91 Å². The molecule has 0 saturated carbocycles. The molecular weight excluding hydrogens is 212 g/mol. The Morgan fingerprint density at radius 3 is 2.88 bits per heavy atom. The number of amides is 1. The van der Waals surface area contributed by atoms with Crippen molar-refractivity contribution in [3.63, 3.8) is 0 Å². The van der Waals surface area contributed by atoms with E-state index in [1.807, 2.05) is 30.3 Å². The second kappa shape index (κ2) is 6.40. The number of nitrogens with one attached hydrogen (secondary N) is 2. The minimum atomic E-state index is 0.127. The summed E-state index contributed by atoms with van der Waals surface area (Å²) in [6.45, 7) is 2.96. The fourth-order valence-corrected chi connectivity index (χ4v) is 2.20. The van der Waals surface area contributed by atoms with Crippen LogP contribution >= 0.6 is 0 Å². The molecule has 1 amide bonds. The molecule has 0 aliphatic carbocycles. The summed E-state index contributed by atoms with van der Waals surface area (Å²) in [6.07, 6.45) is 2.93. The van der Waals surface area contributed by atoms with E-state index < -0.39 is 0 Å². The monoisotopic (exact) mass is 232 g/mol. The Morgan fingerprint density at radius 1 is 1.35 bits per heavy atom. The molecule has 0 spiro atoms. The molecule has 0 bridgehead atoms. The van der Waals surface area contributed by atoms with Gasteiger partial charge in [0.1, 0.15) is 0 Å². The molecule has 2 rings (SSSR count). The van der Waals surface area contributed by atoms with E-state index in [4.69, 9.17) is 0 Å². The normalized spacial score (nSPS) is 19.9. The van der Waals surface area contributed by atoms with E-state index >= 15 is 0 Å². The van der Waals surface area contributed by atoms with Crippen molar-refractivity contribution in [1.82, 2.24) is 10.6 Å². The number of piperidine rings is 1. The zero-order valence-electron chi connectivity index (χ0n) is 10.1. The topological polar surface area (TPSA) is 41.1 Å². The van der Waals surface area contributed by atoms with Crippen LogP contribution in [0.4, 0.5) is 0 Å². The van der Waals surface area contributed by atoms with E-state index in [0.29, 0.717) is 12.3 Å². The van der Waals surface area contributed by atoms with Crippen LogP contribution in [0.5, 0.6) is 0 Å². The third kappa shape index (κ3) is 4.19. The molecule has 1 aromatic rings. The summed E-state index contributed by atoms with van der Waals surface area (Å²) in [5.74, 6) is 0.727. The van der Waals surface area contributed by atoms with Gasteiger partial charge in [0.25, 0.3) is 0 Å². The molecule has 0 aromatic heterocycles. The third-order valence-corrected chi connectivity index (χ3v) is 3.19. The molecule has 1 saturated heterocycles. The van der Waals surface area contributed by atoms with Gasteiger partial charge in [-0.1, -0.05) is 30.3 Å². The fourth-order valence-electron chi connectivity index (χ4n) is 2.20. The minimum Gasteiger partial charge on any atom is -0.355 e. The highest BCUT2D eigenvalue weighted by Crippen LogP contribution is 2.08. The Hall–Kier alpha value is -1.35. The number of carbonyl (C=O) groups excluding carboxylic acids is 1. The third-order valence-electron chi connectivity index (χ3n) is 3.19. The van der Waals surface area contributed by atoms with E-state index in [0.717, 1.165) is 25.2 Å². The summed E-state index contributed by atoms with van der Waals surface area (Å²) >= 11 is 0. The highest BCUT2D eigenvalue weighted by Gasteiger charge is 2.13. The highest BCUT2D eigenvalue weighted by atomic mass is 16.1. The maximum atomic E-state index is 11.7. The van der Waals surface area contributed by atoms with Gasteiger partial charge in [-0.05, 0) is 37.4 Å². The maximum absolute atomic E-state index is 11.7. The molecule has 0 radical (unpaired) electrons. The molecule has 0 unspecified atom stereocenters. The second-order valence-corrected chi connectivity index (χ2v) is 4.68. The van der Waals surface area contributed by atoms with Crippen molar-refractivity contribution < 1.29 is 4.79 Å². The van der Waals surface area contributed by atoms with Gasteiger partial charge in [0.15, 0.2) is 0 Å². The van der Waals surface area contributed by atoms with E-state index in [9.17, 15) is 4.79 Å². The van der Waals surface area contributed by atoms with Crippen LogP contribution in [0.3, 0.4) is 0 Å². The molecule has 1 aliphatic heterocycles. The maximum Gasteiger partial charge on any atom is 0.224 e. The van der Waals surface area contributed by atoms with Crippen molar-refractivity contribution in [3.05, 3.63) is 35.9 Å². The lowest BCUT2D eigenvalue weighted by Crippen LogP contribution is -2.38. The zero-order chi connectivity index (χ0) is 11.9. The molecule has 1 fully saturated rings. The van der Waals surface area contributed by atoms with Crippen LogP contribution < -0.4 is 10.6 Å². The lowest BCUT2D eigenvalue weighted by Gasteiger charge is -2.22. The van der Waals surface area contributed by atoms with E-state index in [2.05, 4.69) is 10.6 Å². The van der Waals surface area contributed by atoms with Gasteiger partial charge < -0.3 is 10.6 Å². The fraction of sp³-hybridized carbons (Fsp3) is 0.500. The zero-order valence-corrected chi connectivity index (χ0v) is 10.1. The van der Waals surface area contributed by atoms with Gasteiger partial charge in [-0.3, -0.25) is 4.79 Å². The molecule has 1 aliphatic rings. The first-order valence-electron chi connectivity index (χ1n) is 6.36. The van der Waals surface area contributed by atoms with Crippen molar-refractivity contribution in [3.8, 4) is 0 Å². The first kappa shape index (κ1) is 12.1. The van der Waals surface area contributed by atoms with Gasteiger partial charge in [-0.15, -0.1) is 0 Å². The van der Waals surface area contributed by atoms with Crippen LogP contribution in [0.25, 0.3) is 0 Å². The standard InChI is InChI=1S/C14H20N2O/c17-14(9-12-5-2-1-3-6-12)16-11-13-7-4-8-15-10-13/h1-3,5-6,13,15H,4,7-11H2,(H,16,17)/t13-/m0/s1. The second-order valence-electron chi connectivity index (χ2n) is 4.68. The predicted octanol–water partition coefficient (Wildman–Crippen LogP) is 1.34. The summed E-state index contributed by atoms with van der Waals surface area (Å²) in [6, 6.07) is 9.87. The van der Waals surface area contributed by atoms with Crippen LogP contribution in [0.15, 0.2) is 30.3 Å². The molecule has 2 N–H and O–H groups in total. The van der Waals surface area contributed by atoms with E-state index in [1.165, 1.54) is 12.8 Å². The average molecular weight is 232 g/mol. The first-order chi connectivity index (χ1) is 8.34. The van der Waals surface area contributed by atoms with Crippen molar-refractivity contribution in [1.29, 1.82) is 0 Å². The Bertz CT molecular complexity index is 344. The summed E-state index contributed by atoms with van der Waals surface area (Å²) < 4.78 is 0. The number of hydrogen-bond acceptors (Lipinski definition) is 2. The van der Waals surface area contributed by atoms with E-state index in [-0.39, 0.29) is 5.91 Å². The van der Waals surface area contributed by atoms with Crippen molar-refractivity contribution in [2.24, 2.45) is 5.92 Å². The van der Waals surface area contributed by atoms with Gasteiger partial charge in [-0.25, -0.2) is 0 Å². The van der Waals surface area contributed by atoms with Crippen LogP contribution in [0.2, 0.25) is 0 Å². The number of hydrogen-bond donors (Lipinski definition) is 2. The van der Waals surface area contributed by atoms with Crippen LogP contribution in [0.1, 0.15) is 18.4 Å². The number of carbonyl (C=O) groups is 1. The van der Waals surface area contributed by atoms with Gasteiger partial charge in [0.05, 0.1) is 6.42 Å². The predicted molar refractivity (Wildman–Crippen MR) is 68.7 cm³/mol. The molecule has 3 nitrogen and oxygen atoms in total. The average Bonchev–Trinajstić information content (AvgIpc) is 2.39. The Balaban J connectivity index is 1.70. The summed E-state index contributed by atoms with van der Waals surface area (Å²) in [5, 5.41) is 6.38. The molecule has 1 atom stereocenters. The molecule has 92 valence electrons. The van der Waals surface area contributed by atoms with Crippen molar-refractivity contribution in [2.45, 2.75) is 19.3 Å². The lowest BCUT2D eigenvalue weighted by molar-refractivity contribution is -0.120. The van der Waals surface area contributed by atoms with E-state index in [1.54, 1.807) is 0 Å². The quantitative estimate of drug-likeness (QED) is 0.822. The minimum absolute atomic E-state index is 0.127. The smallest absolute Gasteiger partial charge is 0.224 e. The first-order valence-corrected chi connectivity index (χ1v) is 6.36. The largest absolute Gasteiger partial charge is 0.355 e. The van der Waals surface area contributed by atoms with Crippen LogP contribution in [-0.4, -0.2) is 25.5 Å². The van der Waals surface area contributed by atoms with Gasteiger partial charge >= 0.3 is 0 Å². The van der Waals surface area contributed by atoms with Crippen LogP contribution in [-0.2, 0) is 11.2 Å². The highest BCUT2D eigenvalue weighted by molar-refractivity contribution is 5.78. The molecule has 1 aromatic carbocycles. The molecular formula is C14H20N2O. The van der Waals surface area contributed by atoms with Gasteiger partial charge in [0.2, 0.25) is 5.91 Å². The Kier molecular flexibility index (Phi) is 4.56. The summed E-state index contributed by atoms with van der Waals surface area (Å²) in [5.41, 5.74) is 1.08. The summed E-state index contributed by atoms with van der Waals surface area (Å²) in [7, 11) is 0. The number of rotatable bonds is 4. The molecule has 1 heterocycles. The molecule has 3 heteroatoms. The molecule has 17 heavy (non-hydrogen) atoms. The van der Waals surface area contributed by atoms with Gasteiger partial charge in [-0.2, -0.15) is 0 Å². The van der Waals surface area contributed by atoms with Crippen LogP contribution in [0, 0.1) is 5.92 Å².